The molecule has 0 spiro atoms. The second-order valence-electron chi connectivity index (χ2n) is 4.33. The molecule has 1 aromatic rings. The standard InChI is InChI=1S/C13H18N2O3/c16-13(17)14-12(11-4-2-1-3-5-11)10-15-6-8-18-9-7-15/h1-5,12,14H,6-10H2,(H,16,17)/t12-/m1/s1. The van der Waals surface area contributed by atoms with Crippen molar-refractivity contribution in [3.8, 4) is 0 Å². The van der Waals surface area contributed by atoms with Gasteiger partial charge in [0.1, 0.15) is 0 Å². The van der Waals surface area contributed by atoms with Crippen molar-refractivity contribution in [2.75, 3.05) is 32.8 Å². The van der Waals surface area contributed by atoms with Crippen LogP contribution in [0.25, 0.3) is 0 Å². The molecule has 2 rings (SSSR count). The van der Waals surface area contributed by atoms with Crippen LogP contribution in [0.4, 0.5) is 4.79 Å². The van der Waals surface area contributed by atoms with Crippen molar-refractivity contribution >= 4 is 6.09 Å². The molecule has 1 aliphatic rings. The van der Waals surface area contributed by atoms with E-state index in [9.17, 15) is 4.79 Å². The fourth-order valence-corrected chi connectivity index (χ4v) is 2.11. The van der Waals surface area contributed by atoms with E-state index in [2.05, 4.69) is 10.2 Å². The number of benzene rings is 1. The number of carbonyl (C=O) groups is 1. The van der Waals surface area contributed by atoms with Crippen LogP contribution in [0.5, 0.6) is 0 Å². The molecule has 0 radical (unpaired) electrons. The van der Waals surface area contributed by atoms with Crippen molar-refractivity contribution in [1.82, 2.24) is 10.2 Å². The highest BCUT2D eigenvalue weighted by Crippen LogP contribution is 2.15. The van der Waals surface area contributed by atoms with Gasteiger partial charge in [-0.3, -0.25) is 4.90 Å². The van der Waals surface area contributed by atoms with Gasteiger partial charge in [0, 0.05) is 19.6 Å². The summed E-state index contributed by atoms with van der Waals surface area (Å²) in [5.74, 6) is 0. The van der Waals surface area contributed by atoms with Crippen LogP contribution < -0.4 is 5.32 Å². The maximum atomic E-state index is 10.9. The predicted octanol–water partition coefficient (Wildman–Crippen LogP) is 1.33. The summed E-state index contributed by atoms with van der Waals surface area (Å²) in [6, 6.07) is 9.47. The molecule has 1 amide bonds. The van der Waals surface area contributed by atoms with Crippen LogP contribution in [-0.4, -0.2) is 48.9 Å². The number of ether oxygens (including phenoxy) is 1. The van der Waals surface area contributed by atoms with Crippen molar-refractivity contribution < 1.29 is 14.6 Å². The van der Waals surface area contributed by atoms with E-state index in [0.717, 1.165) is 18.7 Å². The van der Waals surface area contributed by atoms with Crippen molar-refractivity contribution in [3.63, 3.8) is 0 Å². The van der Waals surface area contributed by atoms with E-state index in [1.54, 1.807) is 0 Å². The lowest BCUT2D eigenvalue weighted by Gasteiger charge is -2.30. The topological polar surface area (TPSA) is 61.8 Å². The summed E-state index contributed by atoms with van der Waals surface area (Å²) in [6.07, 6.45) is -0.989. The van der Waals surface area contributed by atoms with Gasteiger partial charge >= 0.3 is 6.09 Å². The minimum Gasteiger partial charge on any atom is -0.465 e. The van der Waals surface area contributed by atoms with Gasteiger partial charge in [0.25, 0.3) is 0 Å². The molecule has 0 saturated carbocycles. The van der Waals surface area contributed by atoms with Crippen LogP contribution in [0.3, 0.4) is 0 Å². The minimum atomic E-state index is -0.989. The largest absolute Gasteiger partial charge is 0.465 e. The zero-order valence-electron chi connectivity index (χ0n) is 10.2. The van der Waals surface area contributed by atoms with Crippen LogP contribution in [0, 0.1) is 0 Å². The summed E-state index contributed by atoms with van der Waals surface area (Å²) < 4.78 is 5.29. The molecule has 98 valence electrons. The molecule has 1 fully saturated rings. The Hall–Kier alpha value is -1.59. The van der Waals surface area contributed by atoms with Crippen molar-refractivity contribution in [3.05, 3.63) is 35.9 Å². The van der Waals surface area contributed by atoms with Crippen LogP contribution in [0.15, 0.2) is 30.3 Å². The lowest BCUT2D eigenvalue weighted by atomic mass is 10.1. The average molecular weight is 250 g/mol. The summed E-state index contributed by atoms with van der Waals surface area (Å²) in [5.41, 5.74) is 0.992. The average Bonchev–Trinajstić information content (AvgIpc) is 2.40. The summed E-state index contributed by atoms with van der Waals surface area (Å²) >= 11 is 0. The van der Waals surface area contributed by atoms with Crippen LogP contribution >= 0.6 is 0 Å². The maximum Gasteiger partial charge on any atom is 0.405 e. The first-order valence-corrected chi connectivity index (χ1v) is 6.10. The first-order chi connectivity index (χ1) is 8.75. The number of carboxylic acid groups (broad SMARTS) is 1. The molecule has 1 atom stereocenters. The summed E-state index contributed by atoms with van der Waals surface area (Å²) in [7, 11) is 0. The van der Waals surface area contributed by atoms with Gasteiger partial charge in [-0.15, -0.1) is 0 Å². The fraction of sp³-hybridized carbons (Fsp3) is 0.462. The molecular weight excluding hydrogens is 232 g/mol. The zero-order valence-corrected chi connectivity index (χ0v) is 10.2. The summed E-state index contributed by atoms with van der Waals surface area (Å²) in [6.45, 7) is 3.82. The Morgan fingerprint density at radius 1 is 1.33 bits per heavy atom. The summed E-state index contributed by atoms with van der Waals surface area (Å²) in [4.78, 5) is 13.1. The molecule has 0 bridgehead atoms. The number of morpholine rings is 1. The third-order valence-corrected chi connectivity index (χ3v) is 3.04. The third-order valence-electron chi connectivity index (χ3n) is 3.04. The molecule has 5 nitrogen and oxygen atoms in total. The number of hydrogen-bond donors (Lipinski definition) is 2. The maximum absolute atomic E-state index is 10.9. The van der Waals surface area contributed by atoms with Crippen molar-refractivity contribution in [1.29, 1.82) is 0 Å². The van der Waals surface area contributed by atoms with Gasteiger partial charge < -0.3 is 15.2 Å². The van der Waals surface area contributed by atoms with Gasteiger partial charge in [-0.1, -0.05) is 30.3 Å². The summed E-state index contributed by atoms with van der Waals surface area (Å²) in [5, 5.41) is 11.5. The van der Waals surface area contributed by atoms with Gasteiger partial charge in [0.05, 0.1) is 19.3 Å². The predicted molar refractivity (Wildman–Crippen MR) is 67.6 cm³/mol. The lowest BCUT2D eigenvalue weighted by molar-refractivity contribution is 0.0335. The minimum absolute atomic E-state index is 0.193. The molecule has 0 aromatic heterocycles. The van der Waals surface area contributed by atoms with E-state index < -0.39 is 6.09 Å². The molecule has 1 heterocycles. The number of nitrogens with zero attached hydrogens (tertiary/aromatic N) is 1. The van der Waals surface area contributed by atoms with E-state index >= 15 is 0 Å². The molecule has 1 aliphatic heterocycles. The molecule has 1 aromatic carbocycles. The quantitative estimate of drug-likeness (QED) is 0.846. The lowest BCUT2D eigenvalue weighted by Crippen LogP contribution is -2.42. The first-order valence-electron chi connectivity index (χ1n) is 6.10. The van der Waals surface area contributed by atoms with Crippen LogP contribution in [0.1, 0.15) is 11.6 Å². The Morgan fingerprint density at radius 3 is 2.61 bits per heavy atom. The van der Waals surface area contributed by atoms with Crippen molar-refractivity contribution in [2.45, 2.75) is 6.04 Å². The van der Waals surface area contributed by atoms with Crippen LogP contribution in [0.2, 0.25) is 0 Å². The Bertz CT molecular complexity index is 377. The number of amides is 1. The highest BCUT2D eigenvalue weighted by molar-refractivity contribution is 5.65. The van der Waals surface area contributed by atoms with Gasteiger partial charge in [0.2, 0.25) is 0 Å². The highest BCUT2D eigenvalue weighted by atomic mass is 16.5. The first kappa shape index (κ1) is 12.9. The molecule has 2 N–H and O–H groups in total. The zero-order chi connectivity index (χ0) is 12.8. The third kappa shape index (κ3) is 3.72. The fourth-order valence-electron chi connectivity index (χ4n) is 2.11. The molecular formula is C13H18N2O3. The second kappa shape index (κ2) is 6.37. The Kier molecular flexibility index (Phi) is 4.55. The van der Waals surface area contributed by atoms with E-state index in [1.807, 2.05) is 30.3 Å². The Labute approximate surface area is 106 Å². The monoisotopic (exact) mass is 250 g/mol. The Morgan fingerprint density at radius 2 is 2.00 bits per heavy atom. The van der Waals surface area contributed by atoms with Gasteiger partial charge in [-0.25, -0.2) is 4.79 Å². The molecule has 18 heavy (non-hydrogen) atoms. The smallest absolute Gasteiger partial charge is 0.405 e. The van der Waals surface area contributed by atoms with Gasteiger partial charge in [-0.05, 0) is 5.56 Å². The molecule has 0 aliphatic carbocycles. The highest BCUT2D eigenvalue weighted by Gasteiger charge is 2.19. The van der Waals surface area contributed by atoms with Crippen LogP contribution in [-0.2, 0) is 4.74 Å². The Balaban J connectivity index is 2.02. The normalized spacial score (nSPS) is 18.2. The number of hydrogen-bond acceptors (Lipinski definition) is 3. The number of rotatable bonds is 4. The molecule has 0 unspecified atom stereocenters. The molecule has 1 saturated heterocycles. The molecule has 5 heteroatoms. The van der Waals surface area contributed by atoms with E-state index in [-0.39, 0.29) is 6.04 Å². The van der Waals surface area contributed by atoms with Crippen molar-refractivity contribution in [2.24, 2.45) is 0 Å². The van der Waals surface area contributed by atoms with E-state index in [1.165, 1.54) is 0 Å². The van der Waals surface area contributed by atoms with Gasteiger partial charge in [-0.2, -0.15) is 0 Å². The van der Waals surface area contributed by atoms with Gasteiger partial charge in [0.15, 0.2) is 0 Å². The van der Waals surface area contributed by atoms with E-state index in [0.29, 0.717) is 19.8 Å². The van der Waals surface area contributed by atoms with E-state index in [4.69, 9.17) is 9.84 Å². The number of nitrogens with one attached hydrogen (secondary N) is 1. The SMILES string of the molecule is O=C(O)N[C@H](CN1CCOCC1)c1ccccc1. The second-order valence-corrected chi connectivity index (χ2v) is 4.33.